The van der Waals surface area contributed by atoms with Crippen LogP contribution >= 0.6 is 0 Å². The first kappa shape index (κ1) is 13.4. The predicted octanol–water partition coefficient (Wildman–Crippen LogP) is 2.31. The van der Waals surface area contributed by atoms with E-state index in [1.807, 2.05) is 0 Å². The summed E-state index contributed by atoms with van der Waals surface area (Å²) >= 11 is 0. The smallest absolute Gasteiger partial charge is 0.385 e. The molecule has 1 unspecified atom stereocenters. The highest BCUT2D eigenvalue weighted by Crippen LogP contribution is 2.22. The zero-order chi connectivity index (χ0) is 11.4. The molecule has 1 N–H and O–H groups in total. The van der Waals surface area contributed by atoms with E-state index in [1.54, 1.807) is 13.8 Å². The second-order valence-electron chi connectivity index (χ2n) is 3.62. The van der Waals surface area contributed by atoms with E-state index in [1.165, 1.54) is 0 Å². The fraction of sp³-hybridized carbons (Fsp3) is 0.889. The van der Waals surface area contributed by atoms with E-state index in [2.05, 4.69) is 0 Å². The highest BCUT2D eigenvalue weighted by Gasteiger charge is 2.27. The Hall–Kier alpha value is -0.580. The number of carbonyl (C=O) groups is 1. The minimum absolute atomic E-state index is 0.209. The van der Waals surface area contributed by atoms with Gasteiger partial charge in [-0.2, -0.15) is 13.2 Å². The van der Waals surface area contributed by atoms with Crippen LogP contribution in [0.15, 0.2) is 0 Å². The van der Waals surface area contributed by atoms with Gasteiger partial charge in [-0.05, 0) is 12.3 Å². The van der Waals surface area contributed by atoms with E-state index in [-0.39, 0.29) is 18.8 Å². The lowest BCUT2D eigenvalue weighted by Crippen LogP contribution is -2.26. The molecule has 0 aromatic carbocycles. The van der Waals surface area contributed by atoms with Crippen LogP contribution in [0.1, 0.15) is 33.1 Å². The van der Waals surface area contributed by atoms with Gasteiger partial charge in [0, 0.05) is 12.8 Å². The largest absolute Gasteiger partial charge is 0.389 e. The van der Waals surface area contributed by atoms with Crippen LogP contribution in [0.3, 0.4) is 0 Å². The van der Waals surface area contributed by atoms with Gasteiger partial charge in [0.15, 0.2) is 5.78 Å². The Morgan fingerprint density at radius 2 is 1.86 bits per heavy atom. The minimum Gasteiger partial charge on any atom is -0.385 e. The number of aliphatic hydroxyl groups excluding tert-OH is 1. The summed E-state index contributed by atoms with van der Waals surface area (Å²) in [6.07, 6.45) is -6.78. The van der Waals surface area contributed by atoms with Gasteiger partial charge in [-0.15, -0.1) is 0 Å². The SMILES string of the molecule is CC(C)C(O)C(=O)CCCC(F)(F)F. The number of hydrogen-bond acceptors (Lipinski definition) is 2. The maximum atomic E-state index is 11.7. The van der Waals surface area contributed by atoms with E-state index in [4.69, 9.17) is 0 Å². The Bertz CT molecular complexity index is 187. The predicted molar refractivity (Wildman–Crippen MR) is 45.8 cm³/mol. The third kappa shape index (κ3) is 5.96. The molecule has 0 fully saturated rings. The topological polar surface area (TPSA) is 37.3 Å². The summed E-state index contributed by atoms with van der Waals surface area (Å²) in [5.41, 5.74) is 0. The first-order valence-corrected chi connectivity index (χ1v) is 4.51. The number of alkyl halides is 3. The Kier molecular flexibility index (Phi) is 5.12. The lowest BCUT2D eigenvalue weighted by Gasteiger charge is -2.13. The number of rotatable bonds is 5. The molecule has 0 heterocycles. The summed E-state index contributed by atoms with van der Waals surface area (Å²) in [6.45, 7) is 3.29. The van der Waals surface area contributed by atoms with Crippen molar-refractivity contribution in [1.82, 2.24) is 0 Å². The van der Waals surface area contributed by atoms with Gasteiger partial charge in [0.25, 0.3) is 0 Å². The number of halogens is 3. The van der Waals surface area contributed by atoms with Gasteiger partial charge in [-0.25, -0.2) is 0 Å². The molecule has 0 spiro atoms. The normalized spacial score (nSPS) is 14.5. The molecule has 0 bridgehead atoms. The molecule has 0 saturated carbocycles. The molecular formula is C9H15F3O2. The van der Waals surface area contributed by atoms with Crippen LogP contribution in [-0.2, 0) is 4.79 Å². The third-order valence-electron chi connectivity index (χ3n) is 1.84. The van der Waals surface area contributed by atoms with E-state index < -0.39 is 24.5 Å². The van der Waals surface area contributed by atoms with Crippen molar-refractivity contribution in [3.05, 3.63) is 0 Å². The Labute approximate surface area is 81.1 Å². The number of carbonyl (C=O) groups excluding carboxylic acids is 1. The maximum Gasteiger partial charge on any atom is 0.389 e. The third-order valence-corrected chi connectivity index (χ3v) is 1.84. The lowest BCUT2D eigenvalue weighted by molar-refractivity contribution is -0.139. The molecular weight excluding hydrogens is 197 g/mol. The standard InChI is InChI=1S/C9H15F3O2/c1-6(2)8(14)7(13)4-3-5-9(10,11)12/h6,8,14H,3-5H2,1-2H3. The molecule has 14 heavy (non-hydrogen) atoms. The van der Waals surface area contributed by atoms with Crippen molar-refractivity contribution in [2.24, 2.45) is 5.92 Å². The van der Waals surface area contributed by atoms with Gasteiger partial charge in [0.05, 0.1) is 0 Å². The summed E-state index contributed by atoms with van der Waals surface area (Å²) in [5.74, 6) is -0.752. The van der Waals surface area contributed by atoms with E-state index in [9.17, 15) is 23.1 Å². The van der Waals surface area contributed by atoms with Crippen LogP contribution in [0.25, 0.3) is 0 Å². The van der Waals surface area contributed by atoms with Crippen LogP contribution in [0.4, 0.5) is 13.2 Å². The molecule has 84 valence electrons. The van der Waals surface area contributed by atoms with Crippen molar-refractivity contribution in [2.75, 3.05) is 0 Å². The maximum absolute atomic E-state index is 11.7. The van der Waals surface area contributed by atoms with Crippen LogP contribution in [-0.4, -0.2) is 23.2 Å². The molecule has 5 heteroatoms. The first-order chi connectivity index (χ1) is 6.24. The molecule has 0 saturated heterocycles. The van der Waals surface area contributed by atoms with E-state index >= 15 is 0 Å². The fourth-order valence-corrected chi connectivity index (χ4v) is 0.983. The molecule has 0 aromatic rings. The Morgan fingerprint density at radius 3 is 2.21 bits per heavy atom. The monoisotopic (exact) mass is 212 g/mol. The van der Waals surface area contributed by atoms with Gasteiger partial charge >= 0.3 is 6.18 Å². The fourth-order valence-electron chi connectivity index (χ4n) is 0.983. The van der Waals surface area contributed by atoms with Gasteiger partial charge in [-0.3, -0.25) is 4.79 Å². The summed E-state index contributed by atoms with van der Waals surface area (Å²) in [5, 5.41) is 9.19. The van der Waals surface area contributed by atoms with Crippen molar-refractivity contribution < 1.29 is 23.1 Å². The van der Waals surface area contributed by atoms with Crippen molar-refractivity contribution in [1.29, 1.82) is 0 Å². The van der Waals surface area contributed by atoms with Gasteiger partial charge in [-0.1, -0.05) is 13.8 Å². The van der Waals surface area contributed by atoms with Crippen molar-refractivity contribution in [2.45, 2.75) is 45.4 Å². The molecule has 0 aromatic heterocycles. The molecule has 0 aliphatic rings. The van der Waals surface area contributed by atoms with E-state index in [0.717, 1.165) is 0 Å². The number of aliphatic hydroxyl groups is 1. The zero-order valence-electron chi connectivity index (χ0n) is 8.27. The average molecular weight is 212 g/mol. The second-order valence-corrected chi connectivity index (χ2v) is 3.62. The van der Waals surface area contributed by atoms with Crippen LogP contribution < -0.4 is 0 Å². The van der Waals surface area contributed by atoms with Gasteiger partial charge in [0.2, 0.25) is 0 Å². The molecule has 0 radical (unpaired) electrons. The Balaban J connectivity index is 3.75. The Morgan fingerprint density at radius 1 is 1.36 bits per heavy atom. The molecule has 1 atom stereocenters. The molecule has 0 rings (SSSR count). The summed E-state index contributed by atoms with van der Waals surface area (Å²) in [4.78, 5) is 11.1. The number of ketones is 1. The quantitative estimate of drug-likeness (QED) is 0.759. The van der Waals surface area contributed by atoms with Crippen molar-refractivity contribution >= 4 is 5.78 Å². The van der Waals surface area contributed by atoms with Gasteiger partial charge in [0.1, 0.15) is 6.10 Å². The van der Waals surface area contributed by atoms with Crippen LogP contribution in [0, 0.1) is 5.92 Å². The molecule has 2 nitrogen and oxygen atoms in total. The number of Topliss-reactive ketones (excluding diaryl/α,β-unsaturated/α-hetero) is 1. The van der Waals surface area contributed by atoms with Crippen LogP contribution in [0.5, 0.6) is 0 Å². The van der Waals surface area contributed by atoms with Crippen molar-refractivity contribution in [3.63, 3.8) is 0 Å². The van der Waals surface area contributed by atoms with Crippen molar-refractivity contribution in [3.8, 4) is 0 Å². The van der Waals surface area contributed by atoms with Crippen LogP contribution in [0.2, 0.25) is 0 Å². The van der Waals surface area contributed by atoms with Gasteiger partial charge < -0.3 is 5.11 Å². The van der Waals surface area contributed by atoms with E-state index in [0.29, 0.717) is 0 Å². The summed E-state index contributed by atoms with van der Waals surface area (Å²) in [6, 6.07) is 0. The lowest BCUT2D eigenvalue weighted by atomic mass is 9.99. The second kappa shape index (κ2) is 5.34. The molecule has 0 aliphatic heterocycles. The summed E-state index contributed by atoms with van der Waals surface area (Å²) < 4.78 is 35.1. The highest BCUT2D eigenvalue weighted by molar-refractivity contribution is 5.82. The minimum atomic E-state index is -4.22. The summed E-state index contributed by atoms with van der Waals surface area (Å²) in [7, 11) is 0. The first-order valence-electron chi connectivity index (χ1n) is 4.51. The molecule has 0 amide bonds. The molecule has 0 aliphatic carbocycles. The highest BCUT2D eigenvalue weighted by atomic mass is 19.4. The zero-order valence-corrected chi connectivity index (χ0v) is 8.27. The average Bonchev–Trinajstić information content (AvgIpc) is 2.00. The number of hydrogen-bond donors (Lipinski definition) is 1.